The molecule has 1 aliphatic heterocycles. The van der Waals surface area contributed by atoms with Crippen LogP contribution in [0.1, 0.15) is 19.3 Å². The van der Waals surface area contributed by atoms with E-state index >= 15 is 0 Å². The smallest absolute Gasteiger partial charge is 0.406 e. The molecule has 1 heterocycles. The number of alkyl halides is 3. The van der Waals surface area contributed by atoms with Crippen molar-refractivity contribution >= 4 is 11.9 Å². The Morgan fingerprint density at radius 1 is 1.33 bits per heavy atom. The lowest BCUT2D eigenvalue weighted by molar-refractivity contribution is -0.167. The SMILES string of the molecule is COC(=O)CCN(CC(F)(F)F)C(=O)C1(N)CCOCC1. The summed E-state index contributed by atoms with van der Waals surface area (Å²) in [4.78, 5) is 23.9. The number of nitrogens with two attached hydrogens (primary N) is 1. The van der Waals surface area contributed by atoms with Crippen LogP contribution < -0.4 is 5.73 Å². The Balaban J connectivity index is 2.78. The van der Waals surface area contributed by atoms with Gasteiger partial charge in [-0.2, -0.15) is 13.2 Å². The molecule has 122 valence electrons. The Morgan fingerprint density at radius 2 is 1.90 bits per heavy atom. The number of methoxy groups -OCH3 is 1. The van der Waals surface area contributed by atoms with Crippen molar-refractivity contribution in [2.45, 2.75) is 31.0 Å². The number of carbonyl (C=O) groups excluding carboxylic acids is 2. The number of ether oxygens (including phenoxy) is 2. The summed E-state index contributed by atoms with van der Waals surface area (Å²) in [6.45, 7) is -1.38. The van der Waals surface area contributed by atoms with Crippen LogP contribution in [0.3, 0.4) is 0 Å². The van der Waals surface area contributed by atoms with Crippen molar-refractivity contribution in [3.8, 4) is 0 Å². The van der Waals surface area contributed by atoms with Crippen LogP contribution in [0.25, 0.3) is 0 Å². The first-order chi connectivity index (χ1) is 9.68. The van der Waals surface area contributed by atoms with Crippen molar-refractivity contribution in [1.29, 1.82) is 0 Å². The van der Waals surface area contributed by atoms with E-state index in [2.05, 4.69) is 4.74 Å². The second-order valence-electron chi connectivity index (χ2n) is 4.94. The summed E-state index contributed by atoms with van der Waals surface area (Å²) in [5.41, 5.74) is 4.53. The van der Waals surface area contributed by atoms with E-state index in [1.165, 1.54) is 0 Å². The monoisotopic (exact) mass is 312 g/mol. The number of nitrogens with zero attached hydrogens (tertiary/aromatic N) is 1. The quantitative estimate of drug-likeness (QED) is 0.745. The van der Waals surface area contributed by atoms with E-state index in [1.54, 1.807) is 0 Å². The highest BCUT2D eigenvalue weighted by molar-refractivity contribution is 5.86. The summed E-state index contributed by atoms with van der Waals surface area (Å²) in [6, 6.07) is 0. The molecule has 0 atom stereocenters. The first-order valence-corrected chi connectivity index (χ1v) is 6.47. The summed E-state index contributed by atoms with van der Waals surface area (Å²) in [5, 5.41) is 0. The highest BCUT2D eigenvalue weighted by Crippen LogP contribution is 2.24. The van der Waals surface area contributed by atoms with E-state index in [9.17, 15) is 22.8 Å². The number of carbonyl (C=O) groups is 2. The second kappa shape index (κ2) is 7.08. The van der Waals surface area contributed by atoms with Crippen LogP contribution in [0.15, 0.2) is 0 Å². The van der Waals surface area contributed by atoms with Crippen LogP contribution in [-0.4, -0.2) is 61.9 Å². The van der Waals surface area contributed by atoms with Crippen molar-refractivity contribution in [3.63, 3.8) is 0 Å². The minimum Gasteiger partial charge on any atom is -0.469 e. The van der Waals surface area contributed by atoms with E-state index in [4.69, 9.17) is 10.5 Å². The van der Waals surface area contributed by atoms with Gasteiger partial charge in [-0.15, -0.1) is 0 Å². The predicted octanol–water partition coefficient (Wildman–Crippen LogP) is 0.448. The average Bonchev–Trinajstić information content (AvgIpc) is 2.41. The molecule has 1 aliphatic rings. The first-order valence-electron chi connectivity index (χ1n) is 6.47. The number of esters is 1. The van der Waals surface area contributed by atoms with E-state index in [-0.39, 0.29) is 39.0 Å². The fourth-order valence-electron chi connectivity index (χ4n) is 2.06. The van der Waals surface area contributed by atoms with E-state index < -0.39 is 30.1 Å². The largest absolute Gasteiger partial charge is 0.469 e. The summed E-state index contributed by atoms with van der Waals surface area (Å²) in [5.74, 6) is -1.50. The molecule has 1 saturated heterocycles. The number of halogens is 3. The second-order valence-corrected chi connectivity index (χ2v) is 4.94. The fraction of sp³-hybridized carbons (Fsp3) is 0.833. The van der Waals surface area contributed by atoms with E-state index in [1.807, 2.05) is 0 Å². The molecule has 1 amide bonds. The van der Waals surface area contributed by atoms with Gasteiger partial charge in [-0.1, -0.05) is 0 Å². The van der Waals surface area contributed by atoms with Gasteiger partial charge in [0.15, 0.2) is 0 Å². The summed E-state index contributed by atoms with van der Waals surface area (Å²) in [7, 11) is 1.13. The lowest BCUT2D eigenvalue weighted by Gasteiger charge is -2.37. The zero-order valence-electron chi connectivity index (χ0n) is 11.7. The maximum absolute atomic E-state index is 12.6. The molecule has 0 aromatic carbocycles. The molecule has 0 aliphatic carbocycles. The van der Waals surface area contributed by atoms with Crippen LogP contribution in [0.2, 0.25) is 0 Å². The van der Waals surface area contributed by atoms with Crippen molar-refractivity contribution < 1.29 is 32.2 Å². The van der Waals surface area contributed by atoms with Crippen LogP contribution in [0.5, 0.6) is 0 Å². The van der Waals surface area contributed by atoms with Gasteiger partial charge in [0.1, 0.15) is 6.54 Å². The third kappa shape index (κ3) is 5.50. The molecule has 9 heteroatoms. The molecule has 0 bridgehead atoms. The minimum absolute atomic E-state index is 0.151. The van der Waals surface area contributed by atoms with Gasteiger partial charge in [-0.05, 0) is 12.8 Å². The molecular weight excluding hydrogens is 293 g/mol. The summed E-state index contributed by atoms with van der Waals surface area (Å²) < 4.78 is 47.2. The molecule has 2 N–H and O–H groups in total. The molecule has 0 radical (unpaired) electrons. The first kappa shape index (κ1) is 17.7. The van der Waals surface area contributed by atoms with Gasteiger partial charge in [0, 0.05) is 19.8 Å². The van der Waals surface area contributed by atoms with Crippen molar-refractivity contribution in [3.05, 3.63) is 0 Å². The Kier molecular flexibility index (Phi) is 5.97. The molecule has 6 nitrogen and oxygen atoms in total. The number of hydrogen-bond donors (Lipinski definition) is 1. The number of hydrogen-bond acceptors (Lipinski definition) is 5. The van der Waals surface area contributed by atoms with Crippen molar-refractivity contribution in [1.82, 2.24) is 4.90 Å². The van der Waals surface area contributed by atoms with Crippen LogP contribution in [0, 0.1) is 0 Å². The van der Waals surface area contributed by atoms with E-state index in [0.717, 1.165) is 7.11 Å². The lowest BCUT2D eigenvalue weighted by Crippen LogP contribution is -2.59. The van der Waals surface area contributed by atoms with Gasteiger partial charge >= 0.3 is 12.1 Å². The Bertz CT molecular complexity index is 381. The van der Waals surface area contributed by atoms with Gasteiger partial charge in [0.2, 0.25) is 5.91 Å². The van der Waals surface area contributed by atoms with Crippen LogP contribution in [-0.2, 0) is 19.1 Å². The van der Waals surface area contributed by atoms with Gasteiger partial charge in [-0.3, -0.25) is 9.59 Å². The lowest BCUT2D eigenvalue weighted by atomic mass is 9.89. The van der Waals surface area contributed by atoms with E-state index in [0.29, 0.717) is 4.90 Å². The van der Waals surface area contributed by atoms with Crippen molar-refractivity contribution in [2.75, 3.05) is 33.4 Å². The third-order valence-electron chi connectivity index (χ3n) is 3.28. The normalized spacial score (nSPS) is 18.1. The molecule has 0 saturated carbocycles. The Morgan fingerprint density at radius 3 is 2.38 bits per heavy atom. The van der Waals surface area contributed by atoms with Gasteiger partial charge in [0.05, 0.1) is 19.1 Å². The standard InChI is InChI=1S/C12H19F3N2O4/c1-20-9(18)2-5-17(8-12(13,14)15)10(19)11(16)3-6-21-7-4-11/h2-8,16H2,1H3. The molecule has 0 unspecified atom stereocenters. The zero-order valence-corrected chi connectivity index (χ0v) is 11.7. The van der Waals surface area contributed by atoms with Crippen LogP contribution in [0.4, 0.5) is 13.2 Å². The topological polar surface area (TPSA) is 81.9 Å². The maximum atomic E-state index is 12.6. The molecule has 1 fully saturated rings. The van der Waals surface area contributed by atoms with Gasteiger partial charge in [-0.25, -0.2) is 0 Å². The number of rotatable bonds is 5. The Hall–Kier alpha value is -1.35. The average molecular weight is 312 g/mol. The van der Waals surface area contributed by atoms with Gasteiger partial charge in [0.25, 0.3) is 0 Å². The highest BCUT2D eigenvalue weighted by atomic mass is 19.4. The zero-order chi connectivity index (χ0) is 16.1. The third-order valence-corrected chi connectivity index (χ3v) is 3.28. The fourth-order valence-corrected chi connectivity index (χ4v) is 2.06. The van der Waals surface area contributed by atoms with Crippen molar-refractivity contribution in [2.24, 2.45) is 5.73 Å². The Labute approximate surface area is 120 Å². The molecule has 1 rings (SSSR count). The molecule has 21 heavy (non-hydrogen) atoms. The molecular formula is C12H19F3N2O4. The van der Waals surface area contributed by atoms with Gasteiger partial charge < -0.3 is 20.1 Å². The summed E-state index contributed by atoms with van der Waals surface area (Å²) >= 11 is 0. The molecule has 0 aromatic rings. The predicted molar refractivity (Wildman–Crippen MR) is 66.2 cm³/mol. The minimum atomic E-state index is -4.56. The molecule has 0 spiro atoms. The molecule has 0 aromatic heterocycles. The maximum Gasteiger partial charge on any atom is 0.406 e. The highest BCUT2D eigenvalue weighted by Gasteiger charge is 2.42. The summed E-state index contributed by atoms with van der Waals surface area (Å²) in [6.07, 6.45) is -4.57. The van der Waals surface area contributed by atoms with Crippen LogP contribution >= 0.6 is 0 Å². The number of amides is 1.